The van der Waals surface area contributed by atoms with Crippen LogP contribution in [0, 0.1) is 23.5 Å². The van der Waals surface area contributed by atoms with Crippen LogP contribution in [0.15, 0.2) is 42.5 Å². The van der Waals surface area contributed by atoms with Crippen molar-refractivity contribution in [2.45, 2.75) is 6.04 Å². The number of hydrogen-bond acceptors (Lipinski definition) is 3. The molecule has 2 heterocycles. The zero-order valence-corrected chi connectivity index (χ0v) is 14.3. The molecule has 0 radical (unpaired) electrons. The van der Waals surface area contributed by atoms with Crippen LogP contribution in [-0.2, 0) is 4.74 Å². The van der Waals surface area contributed by atoms with Crippen molar-refractivity contribution in [3.8, 4) is 5.75 Å². The molecule has 0 bridgehead atoms. The molecule has 2 aromatic rings. The molecule has 2 aliphatic heterocycles. The Balaban J connectivity index is 1.73. The third-order valence-corrected chi connectivity index (χ3v) is 5.23. The van der Waals surface area contributed by atoms with E-state index in [4.69, 9.17) is 9.47 Å². The van der Waals surface area contributed by atoms with Gasteiger partial charge in [-0.1, -0.05) is 0 Å². The van der Waals surface area contributed by atoms with E-state index in [1.807, 2.05) is 0 Å². The highest BCUT2D eigenvalue weighted by molar-refractivity contribution is 5.94. The molecule has 6 heteroatoms. The van der Waals surface area contributed by atoms with Gasteiger partial charge >= 0.3 is 0 Å². The van der Waals surface area contributed by atoms with E-state index in [0.717, 1.165) is 0 Å². The molecule has 0 unspecified atom stereocenters. The third-order valence-electron chi connectivity index (χ3n) is 5.23. The Hall–Kier alpha value is -2.47. The van der Waals surface area contributed by atoms with Crippen molar-refractivity contribution in [1.82, 2.24) is 4.90 Å². The predicted octanol–water partition coefficient (Wildman–Crippen LogP) is 3.43. The van der Waals surface area contributed by atoms with Gasteiger partial charge in [0, 0.05) is 36.6 Å². The average Bonchev–Trinajstić information content (AvgIpc) is 3.01. The average molecular weight is 359 g/mol. The van der Waals surface area contributed by atoms with Crippen molar-refractivity contribution in [3.63, 3.8) is 0 Å². The highest BCUT2D eigenvalue weighted by atomic mass is 19.1. The van der Waals surface area contributed by atoms with E-state index in [2.05, 4.69) is 0 Å². The maximum atomic E-state index is 13.9. The zero-order chi connectivity index (χ0) is 18.3. The first kappa shape index (κ1) is 17.0. The number of amides is 1. The molecule has 3 atom stereocenters. The normalized spacial score (nSPS) is 24.0. The number of hydrogen-bond donors (Lipinski definition) is 0. The van der Waals surface area contributed by atoms with E-state index in [1.165, 1.54) is 36.4 Å². The summed E-state index contributed by atoms with van der Waals surface area (Å²) in [5, 5.41) is 0. The Kier molecular flexibility index (Phi) is 4.36. The summed E-state index contributed by atoms with van der Waals surface area (Å²) < 4.78 is 38.2. The second-order valence-corrected chi connectivity index (χ2v) is 6.78. The molecule has 0 N–H and O–H groups in total. The van der Waals surface area contributed by atoms with E-state index in [0.29, 0.717) is 36.6 Å². The molecule has 4 rings (SSSR count). The summed E-state index contributed by atoms with van der Waals surface area (Å²) in [6.07, 6.45) is 0. The fourth-order valence-corrected chi connectivity index (χ4v) is 4.04. The van der Waals surface area contributed by atoms with Gasteiger partial charge in [-0.25, -0.2) is 8.78 Å². The van der Waals surface area contributed by atoms with Crippen molar-refractivity contribution in [2.24, 2.45) is 11.8 Å². The molecule has 0 aromatic heterocycles. The standard InChI is InChI=1S/C20H19F2NO3/c1-25-10-13-9-23(20(24)12-2-4-14(21)5-3-12)19-16-8-15(22)6-7-18(16)26-11-17(13)19/h2-8,13,17,19H,9-11H2,1H3/t13-,17-,19-/m0/s1. The largest absolute Gasteiger partial charge is 0.493 e. The number of nitrogens with zero attached hydrogens (tertiary/aromatic N) is 1. The Morgan fingerprint density at radius 3 is 2.65 bits per heavy atom. The number of rotatable bonds is 3. The minimum absolute atomic E-state index is 0.0219. The summed E-state index contributed by atoms with van der Waals surface area (Å²) in [7, 11) is 1.62. The molecule has 1 amide bonds. The first-order chi connectivity index (χ1) is 12.6. The van der Waals surface area contributed by atoms with Gasteiger partial charge in [0.2, 0.25) is 0 Å². The van der Waals surface area contributed by atoms with Crippen LogP contribution < -0.4 is 4.74 Å². The van der Waals surface area contributed by atoms with Crippen LogP contribution in [0.5, 0.6) is 5.75 Å². The number of ether oxygens (including phenoxy) is 2. The lowest BCUT2D eigenvalue weighted by Gasteiger charge is -2.34. The summed E-state index contributed by atoms with van der Waals surface area (Å²) in [6, 6.07) is 9.59. The highest BCUT2D eigenvalue weighted by Crippen LogP contribution is 2.48. The Morgan fingerprint density at radius 2 is 1.92 bits per heavy atom. The van der Waals surface area contributed by atoms with Crippen LogP contribution >= 0.6 is 0 Å². The Bertz CT molecular complexity index is 824. The van der Waals surface area contributed by atoms with Gasteiger partial charge in [-0.15, -0.1) is 0 Å². The summed E-state index contributed by atoms with van der Waals surface area (Å²) in [5.74, 6) is -0.244. The number of benzene rings is 2. The summed E-state index contributed by atoms with van der Waals surface area (Å²) in [5.41, 5.74) is 1.09. The van der Waals surface area contributed by atoms with Crippen LogP contribution in [-0.4, -0.2) is 37.7 Å². The summed E-state index contributed by atoms with van der Waals surface area (Å²) in [4.78, 5) is 14.8. The van der Waals surface area contributed by atoms with Gasteiger partial charge in [-0.3, -0.25) is 4.79 Å². The lowest BCUT2D eigenvalue weighted by atomic mass is 9.85. The smallest absolute Gasteiger partial charge is 0.254 e. The van der Waals surface area contributed by atoms with Crippen LogP contribution in [0.1, 0.15) is 22.0 Å². The lowest BCUT2D eigenvalue weighted by Crippen LogP contribution is -2.35. The minimum Gasteiger partial charge on any atom is -0.493 e. The Labute approximate surface area is 150 Å². The van der Waals surface area contributed by atoms with E-state index in [9.17, 15) is 13.6 Å². The van der Waals surface area contributed by atoms with Gasteiger partial charge < -0.3 is 14.4 Å². The van der Waals surface area contributed by atoms with E-state index in [-0.39, 0.29) is 29.6 Å². The number of fused-ring (bicyclic) bond motifs is 3. The van der Waals surface area contributed by atoms with Crippen molar-refractivity contribution in [3.05, 3.63) is 65.2 Å². The second kappa shape index (κ2) is 6.68. The summed E-state index contributed by atoms with van der Waals surface area (Å²) >= 11 is 0. The molecular formula is C20H19F2NO3. The highest BCUT2D eigenvalue weighted by Gasteiger charge is 2.48. The second-order valence-electron chi connectivity index (χ2n) is 6.78. The van der Waals surface area contributed by atoms with E-state index < -0.39 is 5.82 Å². The van der Waals surface area contributed by atoms with Crippen LogP contribution in [0.4, 0.5) is 8.78 Å². The maximum Gasteiger partial charge on any atom is 0.254 e. The maximum absolute atomic E-state index is 13.9. The molecule has 26 heavy (non-hydrogen) atoms. The third kappa shape index (κ3) is 2.84. The predicted molar refractivity (Wildman–Crippen MR) is 90.9 cm³/mol. The Morgan fingerprint density at radius 1 is 1.19 bits per heavy atom. The van der Waals surface area contributed by atoms with E-state index in [1.54, 1.807) is 18.1 Å². The molecule has 1 saturated heterocycles. The first-order valence-corrected chi connectivity index (χ1v) is 8.56. The molecule has 2 aromatic carbocycles. The van der Waals surface area contributed by atoms with Gasteiger partial charge in [0.1, 0.15) is 17.4 Å². The SMILES string of the molecule is COC[C@@H]1CN(C(=O)c2ccc(F)cc2)[C@H]2c3cc(F)ccc3OC[C@@H]12. The molecule has 1 fully saturated rings. The number of carbonyl (C=O) groups excluding carboxylic acids is 1. The molecule has 0 saturated carbocycles. The zero-order valence-electron chi connectivity index (χ0n) is 14.3. The van der Waals surface area contributed by atoms with Gasteiger partial charge in [0.15, 0.2) is 0 Å². The van der Waals surface area contributed by atoms with Crippen LogP contribution in [0.2, 0.25) is 0 Å². The van der Waals surface area contributed by atoms with E-state index >= 15 is 0 Å². The fourth-order valence-electron chi connectivity index (χ4n) is 4.04. The van der Waals surface area contributed by atoms with Gasteiger partial charge in [-0.2, -0.15) is 0 Å². The van der Waals surface area contributed by atoms with Crippen molar-refractivity contribution < 1.29 is 23.0 Å². The topological polar surface area (TPSA) is 38.8 Å². The summed E-state index contributed by atoms with van der Waals surface area (Å²) in [6.45, 7) is 1.42. The number of halogens is 2. The van der Waals surface area contributed by atoms with Gasteiger partial charge in [0.05, 0.1) is 19.3 Å². The van der Waals surface area contributed by atoms with Crippen molar-refractivity contribution in [2.75, 3.05) is 26.9 Å². The van der Waals surface area contributed by atoms with Crippen LogP contribution in [0.3, 0.4) is 0 Å². The van der Waals surface area contributed by atoms with Crippen molar-refractivity contribution >= 4 is 5.91 Å². The molecule has 2 aliphatic rings. The van der Waals surface area contributed by atoms with Gasteiger partial charge in [-0.05, 0) is 42.5 Å². The molecule has 4 nitrogen and oxygen atoms in total. The quantitative estimate of drug-likeness (QED) is 0.843. The number of likely N-dealkylation sites (tertiary alicyclic amines) is 1. The van der Waals surface area contributed by atoms with Gasteiger partial charge in [0.25, 0.3) is 5.91 Å². The molecule has 0 aliphatic carbocycles. The van der Waals surface area contributed by atoms with Crippen LogP contribution in [0.25, 0.3) is 0 Å². The molecule has 0 spiro atoms. The fraction of sp³-hybridized carbons (Fsp3) is 0.350. The minimum atomic E-state index is -0.392. The number of carbonyl (C=O) groups is 1. The molecular weight excluding hydrogens is 340 g/mol. The first-order valence-electron chi connectivity index (χ1n) is 8.56. The molecule has 136 valence electrons. The lowest BCUT2D eigenvalue weighted by molar-refractivity contribution is 0.0671. The number of methoxy groups -OCH3 is 1. The van der Waals surface area contributed by atoms with Crippen molar-refractivity contribution in [1.29, 1.82) is 0 Å². The monoisotopic (exact) mass is 359 g/mol.